The molecule has 0 rings (SSSR count). The predicted octanol–water partition coefficient (Wildman–Crippen LogP) is 11.8. The Kier molecular flexibility index (Phi) is 37.4. The number of allylic oxidation sites excluding steroid dienone is 4. The Bertz CT molecular complexity index is 804. The highest BCUT2D eigenvalue weighted by atomic mass is 16.6. The van der Waals surface area contributed by atoms with Crippen molar-refractivity contribution in [1.82, 2.24) is 0 Å². The van der Waals surface area contributed by atoms with Crippen molar-refractivity contribution in [3.63, 3.8) is 0 Å². The molecule has 0 aromatic rings. The molecule has 0 aromatic heterocycles. The minimum absolute atomic E-state index is 0.0855. The lowest BCUT2D eigenvalue weighted by atomic mass is 10.0. The highest BCUT2D eigenvalue weighted by molar-refractivity contribution is 5.70. The van der Waals surface area contributed by atoms with Gasteiger partial charge in [0.2, 0.25) is 0 Å². The molecular weight excluding hydrogens is 612 g/mol. The van der Waals surface area contributed by atoms with E-state index in [9.17, 15) is 19.8 Å². The van der Waals surface area contributed by atoms with E-state index in [1.54, 1.807) is 0 Å². The van der Waals surface area contributed by atoms with Gasteiger partial charge in [-0.25, -0.2) is 0 Å². The van der Waals surface area contributed by atoms with Crippen molar-refractivity contribution in [2.24, 2.45) is 0 Å². The van der Waals surface area contributed by atoms with Crippen molar-refractivity contribution in [3.05, 3.63) is 36.5 Å². The van der Waals surface area contributed by atoms with Crippen LogP contribution in [-0.4, -0.2) is 47.6 Å². The quantitative estimate of drug-likeness (QED) is 0.0292. The number of rotatable bonds is 37. The average Bonchev–Trinajstić information content (AvgIpc) is 3.10. The largest absolute Gasteiger partial charge is 0.462 e. The van der Waals surface area contributed by atoms with Gasteiger partial charge in [-0.2, -0.15) is 0 Å². The van der Waals surface area contributed by atoms with Gasteiger partial charge in [0.25, 0.3) is 0 Å². The van der Waals surface area contributed by atoms with Crippen LogP contribution in [0.25, 0.3) is 0 Å². The molecule has 0 aromatic carbocycles. The summed E-state index contributed by atoms with van der Waals surface area (Å²) in [5.41, 5.74) is 0. The first-order valence-corrected chi connectivity index (χ1v) is 20.7. The number of unbranched alkanes of at least 4 members (excludes halogenated alkanes) is 23. The topological polar surface area (TPSA) is 93.1 Å². The lowest BCUT2D eigenvalue weighted by molar-refractivity contribution is -0.161. The lowest BCUT2D eigenvalue weighted by Crippen LogP contribution is -2.28. The number of carbonyl (C=O) groups is 2. The van der Waals surface area contributed by atoms with Gasteiger partial charge in [-0.05, 0) is 38.5 Å². The van der Waals surface area contributed by atoms with E-state index in [-0.39, 0.29) is 25.2 Å². The van der Waals surface area contributed by atoms with Crippen LogP contribution in [0.4, 0.5) is 0 Å². The van der Waals surface area contributed by atoms with Gasteiger partial charge in [-0.15, -0.1) is 0 Å². The first-order valence-electron chi connectivity index (χ1n) is 20.7. The molecule has 6 nitrogen and oxygen atoms in total. The highest BCUT2D eigenvalue weighted by Gasteiger charge is 2.16. The van der Waals surface area contributed by atoms with Gasteiger partial charge >= 0.3 is 11.9 Å². The van der Waals surface area contributed by atoms with E-state index in [4.69, 9.17) is 9.47 Å². The summed E-state index contributed by atoms with van der Waals surface area (Å²) in [7, 11) is 0. The van der Waals surface area contributed by atoms with Gasteiger partial charge in [0.05, 0.1) is 12.7 Å². The molecule has 0 radical (unpaired) electrons. The molecule has 286 valence electrons. The van der Waals surface area contributed by atoms with Gasteiger partial charge in [-0.1, -0.05) is 185 Å². The van der Waals surface area contributed by atoms with Crippen molar-refractivity contribution < 1.29 is 29.3 Å². The Morgan fingerprint density at radius 1 is 0.571 bits per heavy atom. The average molecular weight is 691 g/mol. The van der Waals surface area contributed by atoms with Crippen LogP contribution in [-0.2, 0) is 19.1 Å². The summed E-state index contributed by atoms with van der Waals surface area (Å²) < 4.78 is 10.6. The van der Waals surface area contributed by atoms with E-state index in [0.29, 0.717) is 19.3 Å². The maximum absolute atomic E-state index is 12.2. The molecule has 2 atom stereocenters. The van der Waals surface area contributed by atoms with E-state index in [1.165, 1.54) is 103 Å². The summed E-state index contributed by atoms with van der Waals surface area (Å²) >= 11 is 0. The van der Waals surface area contributed by atoms with Gasteiger partial charge in [0, 0.05) is 12.8 Å². The minimum atomic E-state index is -0.795. The summed E-state index contributed by atoms with van der Waals surface area (Å²) in [5, 5.41) is 19.4. The third-order valence-corrected chi connectivity index (χ3v) is 9.03. The number of esters is 2. The van der Waals surface area contributed by atoms with Crippen LogP contribution in [0, 0.1) is 0 Å². The van der Waals surface area contributed by atoms with Crippen LogP contribution in [0.2, 0.25) is 0 Å². The van der Waals surface area contributed by atoms with Gasteiger partial charge in [-0.3, -0.25) is 9.59 Å². The molecule has 0 bridgehead atoms. The molecule has 0 saturated carbocycles. The molecule has 0 aliphatic carbocycles. The standard InChI is InChI=1S/C43H78O6/c1-3-5-7-8-9-10-11-12-13-14-15-16-17-18-19-22-25-28-32-36-42(46)48-39-41(38-44)49-43(47)37-33-29-26-23-20-21-24-27-31-35-40(45)34-30-6-4-2/h6,24,27,30-31,35,40-41,44-45H,3-5,7-23,25-26,28-29,32-34,36-39H2,1-2H3/b27-24+,30-6+,35-31+/t40?,41-/m0/s1. The van der Waals surface area contributed by atoms with Crippen LogP contribution >= 0.6 is 0 Å². The molecule has 49 heavy (non-hydrogen) atoms. The molecular formula is C43H78O6. The van der Waals surface area contributed by atoms with Crippen LogP contribution in [0.1, 0.15) is 200 Å². The molecule has 0 aliphatic rings. The van der Waals surface area contributed by atoms with Crippen LogP contribution in [0.5, 0.6) is 0 Å². The van der Waals surface area contributed by atoms with E-state index < -0.39 is 12.2 Å². The van der Waals surface area contributed by atoms with Crippen molar-refractivity contribution in [3.8, 4) is 0 Å². The second-order valence-corrected chi connectivity index (χ2v) is 13.9. The third-order valence-electron chi connectivity index (χ3n) is 9.03. The molecule has 0 heterocycles. The fourth-order valence-corrected chi connectivity index (χ4v) is 5.88. The number of hydrogen-bond acceptors (Lipinski definition) is 6. The maximum Gasteiger partial charge on any atom is 0.306 e. The van der Waals surface area contributed by atoms with E-state index in [1.807, 2.05) is 24.3 Å². The SMILES string of the molecule is CC/C=C/CC(O)/C=C/C=C/CCCCCCCC(=O)O[C@@H](CO)COC(=O)CCCCCCCCCCCCCCCCCCCCC. The Hall–Kier alpha value is -1.92. The first-order chi connectivity index (χ1) is 24.0. The number of carbonyl (C=O) groups excluding carboxylic acids is 2. The molecule has 0 aliphatic heterocycles. The molecule has 0 fully saturated rings. The Labute approximate surface area is 302 Å². The molecule has 2 N–H and O–H groups in total. The van der Waals surface area contributed by atoms with Crippen molar-refractivity contribution in [2.45, 2.75) is 212 Å². The van der Waals surface area contributed by atoms with Crippen LogP contribution < -0.4 is 0 Å². The summed E-state index contributed by atoms with van der Waals surface area (Å²) in [6, 6.07) is 0. The Morgan fingerprint density at radius 2 is 1.04 bits per heavy atom. The van der Waals surface area contributed by atoms with Crippen molar-refractivity contribution in [1.29, 1.82) is 0 Å². The zero-order chi connectivity index (χ0) is 35.9. The second kappa shape index (κ2) is 38.9. The summed E-state index contributed by atoms with van der Waals surface area (Å²) in [5.74, 6) is -0.638. The molecule has 0 amide bonds. The van der Waals surface area contributed by atoms with Gasteiger partial charge in [0.1, 0.15) is 6.61 Å². The second-order valence-electron chi connectivity index (χ2n) is 13.9. The van der Waals surface area contributed by atoms with Crippen LogP contribution in [0.3, 0.4) is 0 Å². The zero-order valence-electron chi connectivity index (χ0n) is 32.1. The Morgan fingerprint density at radius 3 is 1.53 bits per heavy atom. The zero-order valence-corrected chi connectivity index (χ0v) is 32.1. The van der Waals surface area contributed by atoms with E-state index >= 15 is 0 Å². The number of aliphatic hydroxyl groups excluding tert-OH is 2. The summed E-state index contributed by atoms with van der Waals surface area (Å²) in [4.78, 5) is 24.3. The van der Waals surface area contributed by atoms with Gasteiger partial charge in [0.15, 0.2) is 6.10 Å². The normalized spacial score (nSPS) is 13.1. The minimum Gasteiger partial charge on any atom is -0.462 e. The fraction of sp³-hybridized carbons (Fsp3) is 0.814. The molecule has 6 heteroatoms. The van der Waals surface area contributed by atoms with E-state index in [0.717, 1.165) is 64.2 Å². The molecule has 1 unspecified atom stereocenters. The third kappa shape index (κ3) is 37.2. The number of ether oxygens (including phenoxy) is 2. The number of aliphatic hydroxyl groups is 2. The number of hydrogen-bond donors (Lipinski definition) is 2. The molecule has 0 spiro atoms. The lowest BCUT2D eigenvalue weighted by Gasteiger charge is -2.15. The monoisotopic (exact) mass is 691 g/mol. The van der Waals surface area contributed by atoms with Gasteiger partial charge < -0.3 is 19.7 Å². The first kappa shape index (κ1) is 47.1. The fourth-order valence-electron chi connectivity index (χ4n) is 5.88. The Balaban J connectivity index is 3.57. The highest BCUT2D eigenvalue weighted by Crippen LogP contribution is 2.15. The van der Waals surface area contributed by atoms with Crippen molar-refractivity contribution >= 4 is 11.9 Å². The van der Waals surface area contributed by atoms with Crippen molar-refractivity contribution in [2.75, 3.05) is 13.2 Å². The summed E-state index contributed by atoms with van der Waals surface area (Å²) in [6.07, 6.45) is 44.0. The molecule has 0 saturated heterocycles. The van der Waals surface area contributed by atoms with Crippen LogP contribution in [0.15, 0.2) is 36.5 Å². The maximum atomic E-state index is 12.2. The smallest absolute Gasteiger partial charge is 0.306 e. The predicted molar refractivity (Wildman–Crippen MR) is 207 cm³/mol. The summed E-state index contributed by atoms with van der Waals surface area (Å²) in [6.45, 7) is 3.92. The van der Waals surface area contributed by atoms with E-state index in [2.05, 4.69) is 26.0 Å².